The lowest BCUT2D eigenvalue weighted by molar-refractivity contribution is -0.173. The minimum Gasteiger partial charge on any atom is -0.461 e. The Morgan fingerprint density at radius 2 is 2.24 bits per heavy atom. The molecular weight excluding hydrogens is 252 g/mol. The Hall–Kier alpha value is -1.67. The van der Waals surface area contributed by atoms with Gasteiger partial charge in [-0.3, -0.25) is 0 Å². The molecule has 3 nitrogen and oxygen atoms in total. The van der Waals surface area contributed by atoms with Crippen molar-refractivity contribution in [3.8, 4) is 6.07 Å². The van der Waals surface area contributed by atoms with Gasteiger partial charge in [0.15, 0.2) is 0 Å². The van der Waals surface area contributed by atoms with E-state index >= 15 is 0 Å². The van der Waals surface area contributed by atoms with Crippen molar-refractivity contribution < 1.29 is 18.3 Å². The summed E-state index contributed by atoms with van der Waals surface area (Å²) in [7, 11) is 0. The smallest absolute Gasteiger partial charge is 0.382 e. The second-order valence-electron chi connectivity index (χ2n) is 3.10. The maximum absolute atomic E-state index is 13.6. The minimum absolute atomic E-state index is 0.137. The molecule has 0 saturated carbocycles. The molecule has 0 heterocycles. The standard InChI is InChI=1S/C11H8ClF2NO2/c1-2-17-10(16)11(13,14)8-4-3-7(6-15)5-9(8)12/h3-5H,2H2,1H3. The summed E-state index contributed by atoms with van der Waals surface area (Å²) in [5.41, 5.74) is -0.532. The fraction of sp³-hybridized carbons (Fsp3) is 0.273. The molecule has 0 N–H and O–H groups in total. The van der Waals surface area contributed by atoms with Crippen LogP contribution in [0.4, 0.5) is 8.78 Å². The molecule has 0 amide bonds. The van der Waals surface area contributed by atoms with Gasteiger partial charge in [0, 0.05) is 0 Å². The fourth-order valence-electron chi connectivity index (χ4n) is 1.17. The van der Waals surface area contributed by atoms with Gasteiger partial charge in [0.2, 0.25) is 0 Å². The molecule has 17 heavy (non-hydrogen) atoms. The summed E-state index contributed by atoms with van der Waals surface area (Å²) in [6.45, 7) is 1.27. The average molecular weight is 260 g/mol. The van der Waals surface area contributed by atoms with Gasteiger partial charge < -0.3 is 4.74 Å². The van der Waals surface area contributed by atoms with Crippen molar-refractivity contribution in [3.05, 3.63) is 34.3 Å². The molecule has 1 rings (SSSR count). The van der Waals surface area contributed by atoms with Crippen molar-refractivity contribution in [1.82, 2.24) is 0 Å². The lowest BCUT2D eigenvalue weighted by Crippen LogP contribution is -2.28. The van der Waals surface area contributed by atoms with Gasteiger partial charge >= 0.3 is 11.9 Å². The maximum atomic E-state index is 13.6. The Bertz CT molecular complexity index is 483. The summed E-state index contributed by atoms with van der Waals surface area (Å²) in [6.07, 6.45) is 0. The quantitative estimate of drug-likeness (QED) is 0.784. The maximum Gasteiger partial charge on any atom is 0.382 e. The second kappa shape index (κ2) is 5.11. The number of carbonyl (C=O) groups excluding carboxylic acids is 1. The van der Waals surface area contributed by atoms with Gasteiger partial charge in [-0.2, -0.15) is 14.0 Å². The summed E-state index contributed by atoms with van der Waals surface area (Å²) in [5.74, 6) is -5.48. The van der Waals surface area contributed by atoms with E-state index in [0.717, 1.165) is 18.2 Å². The van der Waals surface area contributed by atoms with E-state index in [0.29, 0.717) is 0 Å². The Morgan fingerprint density at radius 3 is 2.71 bits per heavy atom. The Kier molecular flexibility index (Phi) is 4.02. The second-order valence-corrected chi connectivity index (χ2v) is 3.51. The molecule has 1 aromatic carbocycles. The van der Waals surface area contributed by atoms with Crippen LogP contribution in [0.3, 0.4) is 0 Å². The number of halogens is 3. The molecule has 90 valence electrons. The van der Waals surface area contributed by atoms with E-state index in [1.807, 2.05) is 0 Å². The van der Waals surface area contributed by atoms with E-state index in [2.05, 4.69) is 4.74 Å². The molecule has 0 spiro atoms. The van der Waals surface area contributed by atoms with E-state index in [1.54, 1.807) is 6.07 Å². The van der Waals surface area contributed by atoms with Gasteiger partial charge in [0.05, 0.1) is 28.8 Å². The highest BCUT2D eigenvalue weighted by Gasteiger charge is 2.44. The van der Waals surface area contributed by atoms with Crippen LogP contribution in [0.15, 0.2) is 18.2 Å². The number of nitriles is 1. The number of alkyl halides is 2. The highest BCUT2D eigenvalue weighted by molar-refractivity contribution is 6.31. The number of ether oxygens (including phenoxy) is 1. The van der Waals surface area contributed by atoms with E-state index in [1.165, 1.54) is 6.92 Å². The lowest BCUT2D eigenvalue weighted by atomic mass is 10.1. The van der Waals surface area contributed by atoms with Gasteiger partial charge in [-0.15, -0.1) is 0 Å². The van der Waals surface area contributed by atoms with Crippen LogP contribution in [-0.2, 0) is 15.5 Å². The van der Waals surface area contributed by atoms with Crippen molar-refractivity contribution in [2.24, 2.45) is 0 Å². The summed E-state index contributed by atoms with van der Waals surface area (Å²) >= 11 is 5.60. The van der Waals surface area contributed by atoms with Crippen molar-refractivity contribution in [2.75, 3.05) is 6.61 Å². The molecule has 0 saturated heterocycles. The van der Waals surface area contributed by atoms with E-state index in [-0.39, 0.29) is 17.2 Å². The molecular formula is C11H8ClF2NO2. The van der Waals surface area contributed by atoms with Crippen molar-refractivity contribution >= 4 is 17.6 Å². The molecule has 6 heteroatoms. The zero-order chi connectivity index (χ0) is 13.1. The number of nitrogens with zero attached hydrogens (tertiary/aromatic N) is 1. The summed E-state index contributed by atoms with van der Waals surface area (Å²) in [6, 6.07) is 4.93. The summed E-state index contributed by atoms with van der Waals surface area (Å²) < 4.78 is 31.4. The van der Waals surface area contributed by atoms with Gasteiger partial charge in [-0.1, -0.05) is 11.6 Å². The van der Waals surface area contributed by atoms with Crippen molar-refractivity contribution in [3.63, 3.8) is 0 Å². The van der Waals surface area contributed by atoms with Crippen molar-refractivity contribution in [2.45, 2.75) is 12.8 Å². The first-order chi connectivity index (χ1) is 7.93. The van der Waals surface area contributed by atoms with Crippen LogP contribution in [0, 0.1) is 11.3 Å². The molecule has 0 aliphatic heterocycles. The van der Waals surface area contributed by atoms with Crippen LogP contribution in [0.1, 0.15) is 18.1 Å². The predicted molar refractivity (Wildman–Crippen MR) is 56.7 cm³/mol. The molecule has 1 aromatic rings. The zero-order valence-electron chi connectivity index (χ0n) is 8.84. The Balaban J connectivity index is 3.16. The summed E-state index contributed by atoms with van der Waals surface area (Å²) in [4.78, 5) is 11.1. The first kappa shape index (κ1) is 13.4. The minimum atomic E-state index is -3.82. The molecule has 0 radical (unpaired) electrons. The SMILES string of the molecule is CCOC(=O)C(F)(F)c1ccc(C#N)cc1Cl. The number of hydrogen-bond donors (Lipinski definition) is 0. The van der Waals surface area contributed by atoms with Gasteiger partial charge in [0.1, 0.15) is 0 Å². The number of benzene rings is 1. The first-order valence-corrected chi connectivity index (χ1v) is 5.06. The first-order valence-electron chi connectivity index (χ1n) is 4.68. The zero-order valence-corrected chi connectivity index (χ0v) is 9.59. The Morgan fingerprint density at radius 1 is 1.59 bits per heavy atom. The van der Waals surface area contributed by atoms with Gasteiger partial charge in [-0.25, -0.2) is 4.79 Å². The average Bonchev–Trinajstić information content (AvgIpc) is 2.28. The van der Waals surface area contributed by atoms with Crippen LogP contribution in [0.25, 0.3) is 0 Å². The molecule has 0 unspecified atom stereocenters. The summed E-state index contributed by atoms with van der Waals surface area (Å²) in [5, 5.41) is 8.22. The fourth-order valence-corrected chi connectivity index (χ4v) is 1.47. The number of hydrogen-bond acceptors (Lipinski definition) is 3. The van der Waals surface area contributed by atoms with Crippen LogP contribution in [0.5, 0.6) is 0 Å². The highest BCUT2D eigenvalue weighted by Crippen LogP contribution is 2.35. The molecule has 0 aliphatic rings. The van der Waals surface area contributed by atoms with E-state index in [9.17, 15) is 13.6 Å². The highest BCUT2D eigenvalue weighted by atomic mass is 35.5. The topological polar surface area (TPSA) is 50.1 Å². The predicted octanol–water partition coefficient (Wildman–Crippen LogP) is 2.87. The largest absolute Gasteiger partial charge is 0.461 e. The Labute approximate surface area is 102 Å². The molecule has 0 aliphatic carbocycles. The molecule has 0 atom stereocenters. The number of carbonyl (C=O) groups is 1. The van der Waals surface area contributed by atoms with Crippen molar-refractivity contribution in [1.29, 1.82) is 5.26 Å². The molecule has 0 fully saturated rings. The van der Waals surface area contributed by atoms with Gasteiger partial charge in [-0.05, 0) is 25.1 Å². The molecule has 0 aromatic heterocycles. The van der Waals surface area contributed by atoms with Crippen LogP contribution in [0.2, 0.25) is 5.02 Å². The number of esters is 1. The lowest BCUT2D eigenvalue weighted by Gasteiger charge is -2.16. The van der Waals surface area contributed by atoms with Crippen LogP contribution >= 0.6 is 11.6 Å². The van der Waals surface area contributed by atoms with Crippen LogP contribution < -0.4 is 0 Å². The van der Waals surface area contributed by atoms with Crippen LogP contribution in [-0.4, -0.2) is 12.6 Å². The third-order valence-electron chi connectivity index (χ3n) is 1.97. The normalized spacial score (nSPS) is 10.8. The van der Waals surface area contributed by atoms with Gasteiger partial charge in [0.25, 0.3) is 0 Å². The monoisotopic (exact) mass is 259 g/mol. The van der Waals surface area contributed by atoms with E-state index in [4.69, 9.17) is 16.9 Å². The van der Waals surface area contributed by atoms with E-state index < -0.39 is 17.5 Å². The molecule has 0 bridgehead atoms. The number of rotatable bonds is 3. The third kappa shape index (κ3) is 2.71. The third-order valence-corrected chi connectivity index (χ3v) is 2.28.